The summed E-state index contributed by atoms with van der Waals surface area (Å²) in [7, 11) is 3.32. The number of halogens is 1. The predicted octanol–water partition coefficient (Wildman–Crippen LogP) is 5.00. The van der Waals surface area contributed by atoms with E-state index < -0.39 is 0 Å². The smallest absolute Gasteiger partial charge is 0.259 e. The maximum absolute atomic E-state index is 12.8. The number of methoxy groups -OCH3 is 1. The molecule has 6 nitrogen and oxygen atoms in total. The van der Waals surface area contributed by atoms with Gasteiger partial charge in [0.2, 0.25) is 0 Å². The molecule has 2 amide bonds. The molecule has 7 heteroatoms. The number of nitrogens with one attached hydrogen (secondary N) is 1. The standard InChI is InChI=1S/C24H23BrN2O4/c1-27(20-6-4-3-5-7-20)24(29)17-8-11-19(12-9-17)26-23(28)21-16-18(25)10-13-22(21)31-15-14-30-2/h3-13,16H,14-15H2,1-2H3,(H,26,28). The van der Waals surface area contributed by atoms with Crippen LogP contribution in [0.1, 0.15) is 20.7 Å². The second kappa shape index (κ2) is 10.7. The van der Waals surface area contributed by atoms with Crippen molar-refractivity contribution >= 4 is 39.1 Å². The number of carbonyl (C=O) groups is 2. The zero-order chi connectivity index (χ0) is 22.2. The minimum absolute atomic E-state index is 0.134. The van der Waals surface area contributed by atoms with Crippen molar-refractivity contribution in [2.24, 2.45) is 0 Å². The molecule has 3 rings (SSSR count). The highest BCUT2D eigenvalue weighted by atomic mass is 79.9. The van der Waals surface area contributed by atoms with Gasteiger partial charge in [-0.1, -0.05) is 34.1 Å². The number of amides is 2. The Balaban J connectivity index is 1.70. The molecule has 0 unspecified atom stereocenters. The Bertz CT molecular complexity index is 1040. The Morgan fingerprint density at radius 3 is 2.35 bits per heavy atom. The first-order valence-electron chi connectivity index (χ1n) is 9.65. The molecule has 0 aliphatic carbocycles. The van der Waals surface area contributed by atoms with E-state index in [2.05, 4.69) is 21.2 Å². The average Bonchev–Trinajstić information content (AvgIpc) is 2.80. The maximum atomic E-state index is 12.8. The van der Waals surface area contributed by atoms with Crippen molar-refractivity contribution in [1.82, 2.24) is 0 Å². The van der Waals surface area contributed by atoms with Gasteiger partial charge in [-0.2, -0.15) is 0 Å². The van der Waals surface area contributed by atoms with Gasteiger partial charge in [-0.25, -0.2) is 0 Å². The van der Waals surface area contributed by atoms with Crippen molar-refractivity contribution in [1.29, 1.82) is 0 Å². The van der Waals surface area contributed by atoms with Crippen LogP contribution in [0.2, 0.25) is 0 Å². The van der Waals surface area contributed by atoms with E-state index in [1.807, 2.05) is 36.4 Å². The van der Waals surface area contributed by atoms with Gasteiger partial charge < -0.3 is 19.7 Å². The molecule has 0 aromatic heterocycles. The lowest BCUT2D eigenvalue weighted by atomic mass is 10.1. The summed E-state index contributed by atoms with van der Waals surface area (Å²) >= 11 is 3.39. The van der Waals surface area contributed by atoms with Gasteiger partial charge in [0.1, 0.15) is 12.4 Å². The third kappa shape index (κ3) is 5.93. The number of benzene rings is 3. The van der Waals surface area contributed by atoms with Crippen LogP contribution < -0.4 is 15.0 Å². The number of anilines is 2. The predicted molar refractivity (Wildman–Crippen MR) is 125 cm³/mol. The molecule has 0 bridgehead atoms. The van der Waals surface area contributed by atoms with Crippen molar-refractivity contribution in [3.05, 3.63) is 88.4 Å². The molecular formula is C24H23BrN2O4. The highest BCUT2D eigenvalue weighted by Gasteiger charge is 2.16. The Morgan fingerprint density at radius 2 is 1.68 bits per heavy atom. The minimum atomic E-state index is -0.311. The average molecular weight is 483 g/mol. The van der Waals surface area contributed by atoms with Crippen LogP contribution in [-0.4, -0.2) is 39.2 Å². The van der Waals surface area contributed by atoms with Crippen molar-refractivity contribution in [2.75, 3.05) is 37.6 Å². The van der Waals surface area contributed by atoms with Crippen molar-refractivity contribution < 1.29 is 19.1 Å². The number of hydrogen-bond donors (Lipinski definition) is 1. The summed E-state index contributed by atoms with van der Waals surface area (Å²) in [6.45, 7) is 0.758. The molecule has 0 atom stereocenters. The lowest BCUT2D eigenvalue weighted by Gasteiger charge is -2.17. The van der Waals surface area contributed by atoms with Crippen LogP contribution in [0.3, 0.4) is 0 Å². The van der Waals surface area contributed by atoms with Gasteiger partial charge in [-0.05, 0) is 54.6 Å². The number of ether oxygens (including phenoxy) is 2. The zero-order valence-corrected chi connectivity index (χ0v) is 18.9. The first-order chi connectivity index (χ1) is 15.0. The van der Waals surface area contributed by atoms with Crippen LogP contribution in [0.5, 0.6) is 5.75 Å². The summed E-state index contributed by atoms with van der Waals surface area (Å²) in [5, 5.41) is 2.85. The lowest BCUT2D eigenvalue weighted by Crippen LogP contribution is -2.26. The monoisotopic (exact) mass is 482 g/mol. The summed E-state index contributed by atoms with van der Waals surface area (Å²) in [5.41, 5.74) is 2.30. The molecule has 0 saturated heterocycles. The van der Waals surface area contributed by atoms with Crippen molar-refractivity contribution in [2.45, 2.75) is 0 Å². The van der Waals surface area contributed by atoms with E-state index in [1.165, 1.54) is 0 Å². The van der Waals surface area contributed by atoms with E-state index in [9.17, 15) is 9.59 Å². The van der Waals surface area contributed by atoms with Gasteiger partial charge in [0, 0.05) is 35.6 Å². The van der Waals surface area contributed by atoms with Gasteiger partial charge in [0.25, 0.3) is 11.8 Å². The number of nitrogens with zero attached hydrogens (tertiary/aromatic N) is 1. The number of para-hydroxylation sites is 1. The van der Waals surface area contributed by atoms with Gasteiger partial charge in [-0.15, -0.1) is 0 Å². The van der Waals surface area contributed by atoms with E-state index >= 15 is 0 Å². The van der Waals surface area contributed by atoms with E-state index in [0.29, 0.717) is 35.8 Å². The molecular weight excluding hydrogens is 460 g/mol. The molecule has 1 N–H and O–H groups in total. The van der Waals surface area contributed by atoms with Crippen molar-refractivity contribution in [3.8, 4) is 5.75 Å². The van der Waals surface area contributed by atoms with E-state index in [-0.39, 0.29) is 11.8 Å². The third-order valence-electron chi connectivity index (χ3n) is 4.57. The third-order valence-corrected chi connectivity index (χ3v) is 5.06. The second-order valence-electron chi connectivity index (χ2n) is 6.71. The number of rotatable bonds is 8. The zero-order valence-electron chi connectivity index (χ0n) is 17.3. The van der Waals surface area contributed by atoms with Gasteiger partial charge in [0.05, 0.1) is 12.2 Å². The van der Waals surface area contributed by atoms with Gasteiger partial charge in [-0.3, -0.25) is 9.59 Å². The minimum Gasteiger partial charge on any atom is -0.490 e. The SMILES string of the molecule is COCCOc1ccc(Br)cc1C(=O)Nc1ccc(C(=O)N(C)c2ccccc2)cc1. The van der Waals surface area contributed by atoms with Gasteiger partial charge >= 0.3 is 0 Å². The van der Waals surface area contributed by atoms with E-state index in [0.717, 1.165) is 10.2 Å². The van der Waals surface area contributed by atoms with E-state index in [1.54, 1.807) is 55.5 Å². The summed E-state index contributed by atoms with van der Waals surface area (Å²) in [6, 6.07) is 21.4. The molecule has 3 aromatic rings. The molecule has 0 spiro atoms. The number of hydrogen-bond acceptors (Lipinski definition) is 4. The highest BCUT2D eigenvalue weighted by molar-refractivity contribution is 9.10. The Kier molecular flexibility index (Phi) is 7.81. The van der Waals surface area contributed by atoms with Crippen LogP contribution in [-0.2, 0) is 4.74 Å². The Hall–Kier alpha value is -3.16. The van der Waals surface area contributed by atoms with Crippen molar-refractivity contribution in [3.63, 3.8) is 0 Å². The Labute approximate surface area is 189 Å². The molecule has 0 radical (unpaired) electrons. The van der Waals surface area contributed by atoms with Crippen LogP contribution in [0.4, 0.5) is 11.4 Å². The van der Waals surface area contributed by atoms with Crippen LogP contribution in [0.15, 0.2) is 77.3 Å². The topological polar surface area (TPSA) is 67.9 Å². The number of carbonyl (C=O) groups excluding carboxylic acids is 2. The van der Waals surface area contributed by atoms with Gasteiger partial charge in [0.15, 0.2) is 0 Å². The first-order valence-corrected chi connectivity index (χ1v) is 10.4. The highest BCUT2D eigenvalue weighted by Crippen LogP contribution is 2.25. The summed E-state index contributed by atoms with van der Waals surface area (Å²) in [4.78, 5) is 27.1. The normalized spacial score (nSPS) is 10.4. The fraction of sp³-hybridized carbons (Fsp3) is 0.167. The molecule has 0 heterocycles. The fourth-order valence-corrected chi connectivity index (χ4v) is 3.26. The largest absolute Gasteiger partial charge is 0.490 e. The quantitative estimate of drug-likeness (QED) is 0.458. The molecule has 3 aromatic carbocycles. The first kappa shape index (κ1) is 22.5. The summed E-state index contributed by atoms with van der Waals surface area (Å²) < 4.78 is 11.4. The fourth-order valence-electron chi connectivity index (χ4n) is 2.90. The molecule has 31 heavy (non-hydrogen) atoms. The molecule has 0 saturated carbocycles. The molecule has 0 aliphatic heterocycles. The van der Waals surface area contributed by atoms with Crippen LogP contribution in [0.25, 0.3) is 0 Å². The Morgan fingerprint density at radius 1 is 0.968 bits per heavy atom. The van der Waals surface area contributed by atoms with Crippen LogP contribution in [0, 0.1) is 0 Å². The molecule has 0 fully saturated rings. The summed E-state index contributed by atoms with van der Waals surface area (Å²) in [5.74, 6) is 0.0214. The molecule has 160 valence electrons. The lowest BCUT2D eigenvalue weighted by molar-refractivity contribution is 0.0991. The maximum Gasteiger partial charge on any atom is 0.259 e. The molecule has 0 aliphatic rings. The second-order valence-corrected chi connectivity index (χ2v) is 7.63. The van der Waals surface area contributed by atoms with E-state index in [4.69, 9.17) is 9.47 Å². The van der Waals surface area contributed by atoms with Crippen LogP contribution >= 0.6 is 15.9 Å². The summed E-state index contributed by atoms with van der Waals surface area (Å²) in [6.07, 6.45) is 0.